The van der Waals surface area contributed by atoms with Gasteiger partial charge in [0.1, 0.15) is 5.69 Å². The molecule has 0 saturated carbocycles. The number of halogens is 3. The van der Waals surface area contributed by atoms with E-state index in [9.17, 15) is 4.79 Å². The van der Waals surface area contributed by atoms with Crippen molar-refractivity contribution in [3.05, 3.63) is 41.0 Å². The van der Waals surface area contributed by atoms with Crippen LogP contribution in [0.2, 0.25) is 5.02 Å². The summed E-state index contributed by atoms with van der Waals surface area (Å²) in [5.74, 6) is -0.236. The minimum Gasteiger partial charge on any atom is -0.349 e. The van der Waals surface area contributed by atoms with Crippen LogP contribution in [-0.2, 0) is 0 Å². The SMILES string of the molecule is CC(C)(N)CNC(=O)c1ccc2ccc(Cl)cc2n1.Cl.Cl. The van der Waals surface area contributed by atoms with Gasteiger partial charge in [-0.3, -0.25) is 4.79 Å². The zero-order valence-electron chi connectivity index (χ0n) is 11.7. The maximum absolute atomic E-state index is 12.0. The Morgan fingerprint density at radius 2 is 1.90 bits per heavy atom. The van der Waals surface area contributed by atoms with Crippen LogP contribution < -0.4 is 11.1 Å². The normalized spacial score (nSPS) is 10.5. The molecule has 21 heavy (non-hydrogen) atoms. The molecule has 0 radical (unpaired) electrons. The van der Waals surface area contributed by atoms with Gasteiger partial charge in [0.2, 0.25) is 0 Å². The number of amides is 1. The Morgan fingerprint density at radius 3 is 2.52 bits per heavy atom. The van der Waals surface area contributed by atoms with E-state index in [1.807, 2.05) is 26.0 Å². The van der Waals surface area contributed by atoms with Gasteiger partial charge >= 0.3 is 0 Å². The van der Waals surface area contributed by atoms with Crippen molar-refractivity contribution < 1.29 is 4.79 Å². The lowest BCUT2D eigenvalue weighted by molar-refractivity contribution is 0.0941. The fourth-order valence-corrected chi connectivity index (χ4v) is 1.78. The van der Waals surface area contributed by atoms with Crippen LogP contribution in [0.1, 0.15) is 24.3 Å². The Morgan fingerprint density at radius 1 is 1.29 bits per heavy atom. The maximum Gasteiger partial charge on any atom is 0.269 e. The van der Waals surface area contributed by atoms with Crippen molar-refractivity contribution in [1.29, 1.82) is 0 Å². The smallest absolute Gasteiger partial charge is 0.269 e. The fraction of sp³-hybridized carbons (Fsp3) is 0.286. The van der Waals surface area contributed by atoms with Crippen LogP contribution in [0.4, 0.5) is 0 Å². The molecule has 3 N–H and O–H groups in total. The lowest BCUT2D eigenvalue weighted by Crippen LogP contribution is -2.45. The number of rotatable bonds is 3. The van der Waals surface area contributed by atoms with Crippen LogP contribution in [0.15, 0.2) is 30.3 Å². The number of pyridine rings is 1. The van der Waals surface area contributed by atoms with Gasteiger partial charge in [0.15, 0.2) is 0 Å². The van der Waals surface area contributed by atoms with Crippen molar-refractivity contribution in [2.75, 3.05) is 6.54 Å². The first-order valence-corrected chi connectivity index (χ1v) is 6.36. The van der Waals surface area contributed by atoms with Crippen LogP contribution in [0, 0.1) is 0 Å². The summed E-state index contributed by atoms with van der Waals surface area (Å²) in [5.41, 5.74) is 6.43. The minimum atomic E-state index is -0.449. The van der Waals surface area contributed by atoms with E-state index in [2.05, 4.69) is 10.3 Å². The van der Waals surface area contributed by atoms with Gasteiger partial charge in [-0.05, 0) is 32.0 Å². The standard InChI is InChI=1S/C14H16ClN3O.2ClH/c1-14(2,16)8-17-13(19)11-6-4-9-3-5-10(15)7-12(9)18-11;;/h3-7H,8,16H2,1-2H3,(H,17,19);2*1H. The number of hydrogen-bond donors (Lipinski definition) is 2. The molecule has 2 aromatic rings. The van der Waals surface area contributed by atoms with Crippen LogP contribution in [0.5, 0.6) is 0 Å². The molecule has 0 aliphatic rings. The molecule has 4 nitrogen and oxygen atoms in total. The zero-order valence-corrected chi connectivity index (χ0v) is 14.1. The van der Waals surface area contributed by atoms with Gasteiger partial charge in [-0.15, -0.1) is 24.8 Å². The largest absolute Gasteiger partial charge is 0.349 e. The average Bonchev–Trinajstić information content (AvgIpc) is 2.34. The van der Waals surface area contributed by atoms with E-state index < -0.39 is 5.54 Å². The maximum atomic E-state index is 12.0. The van der Waals surface area contributed by atoms with Crippen LogP contribution in [0.25, 0.3) is 10.9 Å². The third-order valence-corrected chi connectivity index (χ3v) is 2.83. The summed E-state index contributed by atoms with van der Waals surface area (Å²) in [6.45, 7) is 4.09. The lowest BCUT2D eigenvalue weighted by Gasteiger charge is -2.18. The lowest BCUT2D eigenvalue weighted by atomic mass is 10.1. The third-order valence-electron chi connectivity index (χ3n) is 2.59. The van der Waals surface area contributed by atoms with Crippen molar-refractivity contribution in [1.82, 2.24) is 10.3 Å². The highest BCUT2D eigenvalue weighted by atomic mass is 35.5. The summed E-state index contributed by atoms with van der Waals surface area (Å²) in [4.78, 5) is 16.3. The van der Waals surface area contributed by atoms with E-state index in [-0.39, 0.29) is 30.7 Å². The summed E-state index contributed by atoms with van der Waals surface area (Å²) in [6, 6.07) is 8.94. The quantitative estimate of drug-likeness (QED) is 0.893. The molecule has 1 aromatic heterocycles. The molecule has 116 valence electrons. The zero-order chi connectivity index (χ0) is 14.0. The van der Waals surface area contributed by atoms with Gasteiger partial charge in [0.05, 0.1) is 5.52 Å². The monoisotopic (exact) mass is 349 g/mol. The Bertz CT molecular complexity index is 626. The molecule has 0 aliphatic heterocycles. The molecule has 0 aliphatic carbocycles. The van der Waals surface area contributed by atoms with Gasteiger partial charge in [-0.2, -0.15) is 0 Å². The summed E-state index contributed by atoms with van der Waals surface area (Å²) >= 11 is 5.91. The fourth-order valence-electron chi connectivity index (χ4n) is 1.62. The molecule has 7 heteroatoms. The van der Waals surface area contributed by atoms with E-state index in [0.717, 1.165) is 5.39 Å². The number of carbonyl (C=O) groups excluding carboxylic acids is 1. The Balaban J connectivity index is 0.00000200. The van der Waals surface area contributed by atoms with Gasteiger partial charge in [0, 0.05) is 22.5 Å². The summed E-state index contributed by atoms with van der Waals surface area (Å²) < 4.78 is 0. The molecule has 0 fully saturated rings. The molecule has 0 atom stereocenters. The molecule has 0 spiro atoms. The number of nitrogens with zero attached hydrogens (tertiary/aromatic N) is 1. The number of benzene rings is 1. The van der Waals surface area contributed by atoms with Crippen LogP contribution in [0.3, 0.4) is 0 Å². The molecule has 0 saturated heterocycles. The molecule has 1 amide bonds. The number of aromatic nitrogens is 1. The van der Waals surface area contributed by atoms with Gasteiger partial charge in [-0.1, -0.05) is 23.7 Å². The van der Waals surface area contributed by atoms with E-state index in [4.69, 9.17) is 17.3 Å². The first-order chi connectivity index (χ1) is 8.85. The predicted octanol–water partition coefficient (Wildman–Crippen LogP) is 3.20. The first kappa shape index (κ1) is 19.9. The molecule has 1 aromatic carbocycles. The Hall–Kier alpha value is -1.07. The Kier molecular flexibility index (Phi) is 7.40. The second-order valence-corrected chi connectivity index (χ2v) is 5.64. The van der Waals surface area contributed by atoms with Gasteiger partial charge < -0.3 is 11.1 Å². The van der Waals surface area contributed by atoms with Crippen LogP contribution >= 0.6 is 36.4 Å². The Labute approximate surface area is 141 Å². The molecule has 2 rings (SSSR count). The number of fused-ring (bicyclic) bond motifs is 1. The van der Waals surface area contributed by atoms with Crippen molar-refractivity contribution in [2.24, 2.45) is 5.73 Å². The second-order valence-electron chi connectivity index (χ2n) is 5.20. The van der Waals surface area contributed by atoms with Gasteiger partial charge in [-0.25, -0.2) is 4.98 Å². The average molecular weight is 351 g/mol. The topological polar surface area (TPSA) is 68.0 Å². The highest BCUT2D eigenvalue weighted by Gasteiger charge is 2.14. The predicted molar refractivity (Wildman–Crippen MR) is 91.8 cm³/mol. The molecule has 1 heterocycles. The second kappa shape index (κ2) is 7.80. The number of nitrogens with one attached hydrogen (secondary N) is 1. The van der Waals surface area contributed by atoms with Crippen molar-refractivity contribution in [3.8, 4) is 0 Å². The van der Waals surface area contributed by atoms with E-state index in [0.29, 0.717) is 22.8 Å². The van der Waals surface area contributed by atoms with E-state index >= 15 is 0 Å². The van der Waals surface area contributed by atoms with Crippen LogP contribution in [-0.4, -0.2) is 23.0 Å². The number of carbonyl (C=O) groups is 1. The molecule has 0 unspecified atom stereocenters. The highest BCUT2D eigenvalue weighted by Crippen LogP contribution is 2.17. The number of nitrogens with two attached hydrogens (primary N) is 1. The summed E-state index contributed by atoms with van der Waals surface area (Å²) in [7, 11) is 0. The van der Waals surface area contributed by atoms with E-state index in [1.165, 1.54) is 0 Å². The minimum absolute atomic E-state index is 0. The van der Waals surface area contributed by atoms with Crippen molar-refractivity contribution in [3.63, 3.8) is 0 Å². The van der Waals surface area contributed by atoms with Crippen molar-refractivity contribution in [2.45, 2.75) is 19.4 Å². The van der Waals surface area contributed by atoms with E-state index in [1.54, 1.807) is 18.2 Å². The summed E-state index contributed by atoms with van der Waals surface area (Å²) in [5, 5.41) is 4.30. The number of hydrogen-bond acceptors (Lipinski definition) is 3. The third kappa shape index (κ3) is 5.67. The summed E-state index contributed by atoms with van der Waals surface area (Å²) in [6.07, 6.45) is 0. The van der Waals surface area contributed by atoms with Gasteiger partial charge in [0.25, 0.3) is 5.91 Å². The highest BCUT2D eigenvalue weighted by molar-refractivity contribution is 6.31. The first-order valence-electron chi connectivity index (χ1n) is 5.98. The van der Waals surface area contributed by atoms with Crippen molar-refractivity contribution >= 4 is 53.2 Å². The molecule has 0 bridgehead atoms. The molecular formula is C14H18Cl3N3O. The molecular weight excluding hydrogens is 333 g/mol.